The molecule has 0 spiro atoms. The Balaban J connectivity index is 1.82. The topological polar surface area (TPSA) is 66.6 Å². The van der Waals surface area contributed by atoms with Gasteiger partial charge in [0, 0.05) is 31.2 Å². The fraction of sp³-hybridized carbons (Fsp3) is 0.529. The van der Waals surface area contributed by atoms with E-state index in [-0.39, 0.29) is 11.8 Å². The zero-order chi connectivity index (χ0) is 16.8. The molecule has 1 atom stereocenters. The average Bonchev–Trinajstić information content (AvgIpc) is 2.56. The molecule has 1 heterocycles. The Hall–Kier alpha value is -1.59. The van der Waals surface area contributed by atoms with Gasteiger partial charge in [-0.3, -0.25) is 9.59 Å². The van der Waals surface area contributed by atoms with E-state index in [1.54, 1.807) is 17.0 Å². The van der Waals surface area contributed by atoms with Crippen LogP contribution in [0.5, 0.6) is 0 Å². The SMILES string of the molecule is CCCC(N)C(=O)N1CCN(C(=O)Cc2ccc(Cl)cc2)CC1. The first-order chi connectivity index (χ1) is 11.0. The average molecular weight is 338 g/mol. The summed E-state index contributed by atoms with van der Waals surface area (Å²) in [5.41, 5.74) is 6.83. The molecule has 1 aliphatic rings. The van der Waals surface area contributed by atoms with Gasteiger partial charge in [-0.15, -0.1) is 0 Å². The third-order valence-corrected chi connectivity index (χ3v) is 4.38. The molecule has 1 saturated heterocycles. The van der Waals surface area contributed by atoms with Crippen molar-refractivity contribution in [2.24, 2.45) is 5.73 Å². The van der Waals surface area contributed by atoms with Gasteiger partial charge in [0.25, 0.3) is 0 Å². The van der Waals surface area contributed by atoms with Crippen molar-refractivity contribution in [2.75, 3.05) is 26.2 Å². The minimum absolute atomic E-state index is 0.00310. The molecule has 23 heavy (non-hydrogen) atoms. The number of piperazine rings is 1. The lowest BCUT2D eigenvalue weighted by Gasteiger charge is -2.36. The maximum atomic E-state index is 12.3. The van der Waals surface area contributed by atoms with Crippen LogP contribution in [0.3, 0.4) is 0 Å². The molecule has 1 aliphatic heterocycles. The highest BCUT2D eigenvalue weighted by atomic mass is 35.5. The van der Waals surface area contributed by atoms with Crippen molar-refractivity contribution in [3.05, 3.63) is 34.9 Å². The van der Waals surface area contributed by atoms with E-state index in [2.05, 4.69) is 0 Å². The van der Waals surface area contributed by atoms with Gasteiger partial charge in [0.2, 0.25) is 11.8 Å². The molecular formula is C17H24ClN3O2. The first-order valence-electron chi connectivity index (χ1n) is 8.08. The number of rotatable bonds is 5. The fourth-order valence-electron chi connectivity index (χ4n) is 2.73. The van der Waals surface area contributed by atoms with Crippen molar-refractivity contribution < 1.29 is 9.59 Å². The van der Waals surface area contributed by atoms with Crippen LogP contribution in [0.15, 0.2) is 24.3 Å². The molecule has 1 aromatic rings. The maximum absolute atomic E-state index is 12.3. The second-order valence-corrected chi connectivity index (χ2v) is 6.34. The maximum Gasteiger partial charge on any atom is 0.239 e. The predicted octanol–water partition coefficient (Wildman–Crippen LogP) is 1.68. The summed E-state index contributed by atoms with van der Waals surface area (Å²) in [5, 5.41) is 0.664. The minimum atomic E-state index is -0.420. The highest BCUT2D eigenvalue weighted by Gasteiger charge is 2.26. The normalized spacial score (nSPS) is 16.3. The van der Waals surface area contributed by atoms with E-state index in [0.29, 0.717) is 44.0 Å². The van der Waals surface area contributed by atoms with E-state index < -0.39 is 6.04 Å². The summed E-state index contributed by atoms with van der Waals surface area (Å²) < 4.78 is 0. The van der Waals surface area contributed by atoms with E-state index in [1.165, 1.54) is 0 Å². The number of carbonyl (C=O) groups is 2. The van der Waals surface area contributed by atoms with E-state index in [0.717, 1.165) is 12.0 Å². The monoisotopic (exact) mass is 337 g/mol. The molecule has 126 valence electrons. The molecule has 0 radical (unpaired) electrons. The number of hydrogen-bond acceptors (Lipinski definition) is 3. The van der Waals surface area contributed by atoms with Crippen molar-refractivity contribution >= 4 is 23.4 Å². The van der Waals surface area contributed by atoms with Crippen LogP contribution in [0.2, 0.25) is 5.02 Å². The number of hydrogen-bond donors (Lipinski definition) is 1. The minimum Gasteiger partial charge on any atom is -0.339 e. The Labute approximate surface area is 142 Å². The smallest absolute Gasteiger partial charge is 0.239 e. The Bertz CT molecular complexity index is 539. The molecule has 6 heteroatoms. The number of amides is 2. The number of halogens is 1. The molecular weight excluding hydrogens is 314 g/mol. The summed E-state index contributed by atoms with van der Waals surface area (Å²) in [5.74, 6) is 0.0777. The third kappa shape index (κ3) is 4.94. The molecule has 0 saturated carbocycles. The Kier molecular flexibility index (Phi) is 6.42. The van der Waals surface area contributed by atoms with Gasteiger partial charge in [-0.05, 0) is 24.1 Å². The van der Waals surface area contributed by atoms with Crippen LogP contribution in [-0.4, -0.2) is 53.8 Å². The first kappa shape index (κ1) is 17.8. The van der Waals surface area contributed by atoms with Crippen molar-refractivity contribution in [2.45, 2.75) is 32.2 Å². The van der Waals surface area contributed by atoms with Gasteiger partial charge in [-0.25, -0.2) is 0 Å². The molecule has 2 N–H and O–H groups in total. The Morgan fingerprint density at radius 1 is 1.13 bits per heavy atom. The van der Waals surface area contributed by atoms with Crippen LogP contribution >= 0.6 is 11.6 Å². The molecule has 0 aromatic heterocycles. The molecule has 5 nitrogen and oxygen atoms in total. The molecule has 1 unspecified atom stereocenters. The molecule has 1 aromatic carbocycles. The second-order valence-electron chi connectivity index (χ2n) is 5.90. The quantitative estimate of drug-likeness (QED) is 0.889. The van der Waals surface area contributed by atoms with E-state index in [4.69, 9.17) is 17.3 Å². The van der Waals surface area contributed by atoms with Crippen LogP contribution in [-0.2, 0) is 16.0 Å². The summed E-state index contributed by atoms with van der Waals surface area (Å²) in [4.78, 5) is 28.1. The lowest BCUT2D eigenvalue weighted by molar-refractivity contribution is -0.140. The van der Waals surface area contributed by atoms with Gasteiger partial charge in [-0.1, -0.05) is 37.1 Å². The number of nitrogens with zero attached hydrogens (tertiary/aromatic N) is 2. The second kappa shape index (κ2) is 8.31. The molecule has 2 rings (SSSR count). The summed E-state index contributed by atoms with van der Waals surface area (Å²) in [6.45, 7) is 4.26. The number of benzene rings is 1. The van der Waals surface area contributed by atoms with Crippen LogP contribution in [0.4, 0.5) is 0 Å². The van der Waals surface area contributed by atoms with Crippen LogP contribution < -0.4 is 5.73 Å². The third-order valence-electron chi connectivity index (χ3n) is 4.13. The predicted molar refractivity (Wildman–Crippen MR) is 91.2 cm³/mol. The number of nitrogens with two attached hydrogens (primary N) is 1. The lowest BCUT2D eigenvalue weighted by atomic mass is 10.1. The van der Waals surface area contributed by atoms with Gasteiger partial charge in [0.15, 0.2) is 0 Å². The Morgan fingerprint density at radius 3 is 2.26 bits per heavy atom. The summed E-state index contributed by atoms with van der Waals surface area (Å²) >= 11 is 5.85. The van der Waals surface area contributed by atoms with Gasteiger partial charge in [-0.2, -0.15) is 0 Å². The van der Waals surface area contributed by atoms with Crippen LogP contribution in [0.25, 0.3) is 0 Å². The molecule has 0 aliphatic carbocycles. The lowest BCUT2D eigenvalue weighted by Crippen LogP contribution is -2.54. The van der Waals surface area contributed by atoms with Gasteiger partial charge in [0.1, 0.15) is 0 Å². The summed E-state index contributed by atoms with van der Waals surface area (Å²) in [7, 11) is 0. The van der Waals surface area contributed by atoms with Crippen LogP contribution in [0, 0.1) is 0 Å². The van der Waals surface area contributed by atoms with Crippen molar-refractivity contribution in [1.82, 2.24) is 9.80 Å². The van der Waals surface area contributed by atoms with Crippen LogP contribution in [0.1, 0.15) is 25.3 Å². The zero-order valence-corrected chi connectivity index (χ0v) is 14.3. The first-order valence-corrected chi connectivity index (χ1v) is 8.45. The molecule has 2 amide bonds. The molecule has 0 bridgehead atoms. The van der Waals surface area contributed by atoms with E-state index >= 15 is 0 Å². The van der Waals surface area contributed by atoms with Gasteiger partial charge >= 0.3 is 0 Å². The van der Waals surface area contributed by atoms with Crippen molar-refractivity contribution in [3.8, 4) is 0 Å². The van der Waals surface area contributed by atoms with Gasteiger partial charge < -0.3 is 15.5 Å². The highest BCUT2D eigenvalue weighted by Crippen LogP contribution is 2.12. The van der Waals surface area contributed by atoms with Crippen molar-refractivity contribution in [1.29, 1.82) is 0 Å². The van der Waals surface area contributed by atoms with E-state index in [9.17, 15) is 9.59 Å². The van der Waals surface area contributed by atoms with E-state index in [1.807, 2.05) is 24.0 Å². The fourth-order valence-corrected chi connectivity index (χ4v) is 2.86. The number of carbonyl (C=O) groups excluding carboxylic acids is 2. The standard InChI is InChI=1S/C17H24ClN3O2/c1-2-3-15(19)17(23)21-10-8-20(9-11-21)16(22)12-13-4-6-14(18)7-5-13/h4-7,15H,2-3,8-12,19H2,1H3. The zero-order valence-electron chi connectivity index (χ0n) is 13.5. The largest absolute Gasteiger partial charge is 0.339 e. The van der Waals surface area contributed by atoms with Crippen molar-refractivity contribution in [3.63, 3.8) is 0 Å². The molecule has 1 fully saturated rings. The highest BCUT2D eigenvalue weighted by molar-refractivity contribution is 6.30. The Morgan fingerprint density at radius 2 is 1.70 bits per heavy atom. The summed E-state index contributed by atoms with van der Waals surface area (Å²) in [6, 6.07) is 6.88. The summed E-state index contributed by atoms with van der Waals surface area (Å²) in [6.07, 6.45) is 1.96. The van der Waals surface area contributed by atoms with Gasteiger partial charge in [0.05, 0.1) is 12.5 Å².